The highest BCUT2D eigenvalue weighted by atomic mass is 32.1. The number of hydrogen-bond acceptors (Lipinski definition) is 5. The number of thiazole rings is 1. The largest absolute Gasteiger partial charge is 0.452 e. The number of anilines is 1. The molecule has 3 heterocycles. The molecule has 25 heavy (non-hydrogen) atoms. The van der Waals surface area contributed by atoms with E-state index in [1.165, 1.54) is 11.3 Å². The van der Waals surface area contributed by atoms with Crippen LogP contribution in [0, 0.1) is 0 Å². The van der Waals surface area contributed by atoms with Gasteiger partial charge in [0.05, 0.1) is 12.1 Å². The molecule has 4 rings (SSSR count). The van der Waals surface area contributed by atoms with Gasteiger partial charge in [0, 0.05) is 30.0 Å². The monoisotopic (exact) mass is 355 g/mol. The SMILES string of the molecule is C[C@H](OC(=O)Cc1cn2ccsc2n1)C(=O)N1CCc2ccccc21. The molecule has 0 saturated heterocycles. The molecule has 1 aliphatic heterocycles. The van der Waals surface area contributed by atoms with E-state index in [1.807, 2.05) is 40.2 Å². The van der Waals surface area contributed by atoms with Crippen LogP contribution in [0.3, 0.4) is 0 Å². The number of aromatic nitrogens is 2. The molecule has 1 amide bonds. The summed E-state index contributed by atoms with van der Waals surface area (Å²) >= 11 is 1.50. The van der Waals surface area contributed by atoms with Crippen LogP contribution < -0.4 is 4.90 Å². The second-order valence-electron chi connectivity index (χ2n) is 6.00. The zero-order valence-corrected chi connectivity index (χ0v) is 14.5. The Morgan fingerprint density at radius 1 is 1.36 bits per heavy atom. The van der Waals surface area contributed by atoms with E-state index in [0.29, 0.717) is 12.2 Å². The van der Waals surface area contributed by atoms with Crippen molar-refractivity contribution in [1.82, 2.24) is 9.38 Å². The molecule has 0 saturated carbocycles. The van der Waals surface area contributed by atoms with Crippen molar-refractivity contribution in [1.29, 1.82) is 0 Å². The fraction of sp³-hybridized carbons (Fsp3) is 0.278. The average Bonchev–Trinajstić information content (AvgIpc) is 3.27. The maximum Gasteiger partial charge on any atom is 0.312 e. The molecular weight excluding hydrogens is 338 g/mol. The van der Waals surface area contributed by atoms with E-state index < -0.39 is 12.1 Å². The van der Waals surface area contributed by atoms with Gasteiger partial charge in [0.25, 0.3) is 5.91 Å². The second kappa shape index (κ2) is 6.33. The number of nitrogens with zero attached hydrogens (tertiary/aromatic N) is 3. The standard InChI is InChI=1S/C18H17N3O3S/c1-12(17(23)21-7-6-13-4-2-3-5-15(13)21)24-16(22)10-14-11-20-8-9-25-18(20)19-14/h2-5,8-9,11-12H,6-7,10H2,1H3/t12-/m0/s1. The van der Waals surface area contributed by atoms with Crippen molar-refractivity contribution in [3.05, 3.63) is 53.3 Å². The van der Waals surface area contributed by atoms with Gasteiger partial charge in [-0.25, -0.2) is 4.98 Å². The Morgan fingerprint density at radius 3 is 3.04 bits per heavy atom. The topological polar surface area (TPSA) is 63.9 Å². The first-order chi connectivity index (χ1) is 12.1. The predicted octanol–water partition coefficient (Wildman–Crippen LogP) is 2.46. The van der Waals surface area contributed by atoms with E-state index in [1.54, 1.807) is 18.0 Å². The van der Waals surface area contributed by atoms with E-state index >= 15 is 0 Å². The molecule has 1 aliphatic rings. The third kappa shape index (κ3) is 3.02. The van der Waals surface area contributed by atoms with Crippen LogP contribution >= 0.6 is 11.3 Å². The van der Waals surface area contributed by atoms with E-state index in [0.717, 1.165) is 22.6 Å². The average molecular weight is 355 g/mol. The summed E-state index contributed by atoms with van der Waals surface area (Å²) in [6.07, 6.45) is 3.76. The van der Waals surface area contributed by atoms with Crippen molar-refractivity contribution < 1.29 is 14.3 Å². The molecular formula is C18H17N3O3S. The van der Waals surface area contributed by atoms with Crippen LogP contribution in [0.4, 0.5) is 5.69 Å². The zero-order valence-electron chi connectivity index (χ0n) is 13.7. The summed E-state index contributed by atoms with van der Waals surface area (Å²) in [5.41, 5.74) is 2.69. The van der Waals surface area contributed by atoms with Crippen molar-refractivity contribution in [3.8, 4) is 0 Å². The Morgan fingerprint density at radius 2 is 2.20 bits per heavy atom. The van der Waals surface area contributed by atoms with Crippen LogP contribution in [-0.2, 0) is 27.2 Å². The lowest BCUT2D eigenvalue weighted by molar-refractivity contribution is -0.153. The number of benzene rings is 1. The number of hydrogen-bond donors (Lipinski definition) is 0. The molecule has 128 valence electrons. The van der Waals surface area contributed by atoms with Gasteiger partial charge >= 0.3 is 5.97 Å². The van der Waals surface area contributed by atoms with Crippen LogP contribution in [0.1, 0.15) is 18.2 Å². The van der Waals surface area contributed by atoms with E-state index in [2.05, 4.69) is 4.98 Å². The molecule has 7 heteroatoms. The van der Waals surface area contributed by atoms with Gasteiger partial charge in [0.15, 0.2) is 11.1 Å². The highest BCUT2D eigenvalue weighted by molar-refractivity contribution is 7.15. The van der Waals surface area contributed by atoms with Gasteiger partial charge < -0.3 is 9.64 Å². The molecule has 0 N–H and O–H groups in total. The van der Waals surface area contributed by atoms with Crippen LogP contribution in [0.25, 0.3) is 4.96 Å². The lowest BCUT2D eigenvalue weighted by atomic mass is 10.2. The Kier molecular flexibility index (Phi) is 4.01. The van der Waals surface area contributed by atoms with Gasteiger partial charge in [0.1, 0.15) is 0 Å². The fourth-order valence-corrected chi connectivity index (χ4v) is 3.80. The highest BCUT2D eigenvalue weighted by Gasteiger charge is 2.29. The third-order valence-electron chi connectivity index (χ3n) is 4.28. The van der Waals surface area contributed by atoms with Crippen molar-refractivity contribution >= 4 is 33.9 Å². The van der Waals surface area contributed by atoms with Gasteiger partial charge in [0.2, 0.25) is 0 Å². The minimum absolute atomic E-state index is 0.0581. The van der Waals surface area contributed by atoms with Gasteiger partial charge in [-0.2, -0.15) is 0 Å². The number of para-hydroxylation sites is 1. The first-order valence-electron chi connectivity index (χ1n) is 8.11. The van der Waals surface area contributed by atoms with Crippen LogP contribution in [0.5, 0.6) is 0 Å². The number of imidazole rings is 1. The lowest BCUT2D eigenvalue weighted by Crippen LogP contribution is -2.39. The first-order valence-corrected chi connectivity index (χ1v) is 8.99. The van der Waals surface area contributed by atoms with E-state index in [4.69, 9.17) is 4.74 Å². The van der Waals surface area contributed by atoms with Crippen molar-refractivity contribution in [2.45, 2.75) is 25.9 Å². The van der Waals surface area contributed by atoms with Gasteiger partial charge in [-0.3, -0.25) is 14.0 Å². The summed E-state index contributed by atoms with van der Waals surface area (Å²) in [5, 5.41) is 1.93. The number of ether oxygens (including phenoxy) is 1. The van der Waals surface area contributed by atoms with Gasteiger partial charge in [-0.05, 0) is 25.0 Å². The van der Waals surface area contributed by atoms with Gasteiger partial charge in [-0.15, -0.1) is 11.3 Å². The summed E-state index contributed by atoms with van der Waals surface area (Å²) in [7, 11) is 0. The Balaban J connectivity index is 1.39. The third-order valence-corrected chi connectivity index (χ3v) is 5.05. The predicted molar refractivity (Wildman–Crippen MR) is 94.8 cm³/mol. The minimum atomic E-state index is -0.817. The minimum Gasteiger partial charge on any atom is -0.452 e. The molecule has 6 nitrogen and oxygen atoms in total. The molecule has 3 aromatic rings. The molecule has 0 aliphatic carbocycles. The highest BCUT2D eigenvalue weighted by Crippen LogP contribution is 2.28. The number of amides is 1. The number of esters is 1. The van der Waals surface area contributed by atoms with Crippen LogP contribution in [-0.4, -0.2) is 33.9 Å². The summed E-state index contributed by atoms with van der Waals surface area (Å²) < 4.78 is 7.20. The number of fused-ring (bicyclic) bond motifs is 2. The summed E-state index contributed by atoms with van der Waals surface area (Å²) in [6, 6.07) is 7.81. The van der Waals surface area contributed by atoms with E-state index in [9.17, 15) is 9.59 Å². The summed E-state index contributed by atoms with van der Waals surface area (Å²) in [5.74, 6) is -0.636. The van der Waals surface area contributed by atoms with Crippen LogP contribution in [0.2, 0.25) is 0 Å². The molecule has 2 aromatic heterocycles. The van der Waals surface area contributed by atoms with Crippen molar-refractivity contribution in [2.24, 2.45) is 0 Å². The second-order valence-corrected chi connectivity index (χ2v) is 6.88. The molecule has 0 bridgehead atoms. The van der Waals surface area contributed by atoms with Crippen molar-refractivity contribution in [2.75, 3.05) is 11.4 Å². The number of carbonyl (C=O) groups excluding carboxylic acids is 2. The number of carbonyl (C=O) groups is 2. The molecule has 0 spiro atoms. The number of rotatable bonds is 4. The Hall–Kier alpha value is -2.67. The van der Waals surface area contributed by atoms with Crippen LogP contribution in [0.15, 0.2) is 42.0 Å². The lowest BCUT2D eigenvalue weighted by Gasteiger charge is -2.21. The normalized spacial score (nSPS) is 14.5. The maximum atomic E-state index is 12.6. The Labute approximate surface area is 148 Å². The summed E-state index contributed by atoms with van der Waals surface area (Å²) in [6.45, 7) is 2.24. The van der Waals surface area contributed by atoms with E-state index in [-0.39, 0.29) is 12.3 Å². The smallest absolute Gasteiger partial charge is 0.312 e. The zero-order chi connectivity index (χ0) is 17.4. The van der Waals surface area contributed by atoms with Crippen molar-refractivity contribution in [3.63, 3.8) is 0 Å². The quantitative estimate of drug-likeness (QED) is 0.675. The molecule has 0 fully saturated rings. The van der Waals surface area contributed by atoms with Gasteiger partial charge in [-0.1, -0.05) is 18.2 Å². The molecule has 0 unspecified atom stereocenters. The molecule has 0 radical (unpaired) electrons. The first kappa shape index (κ1) is 15.8. The molecule has 1 aromatic carbocycles. The summed E-state index contributed by atoms with van der Waals surface area (Å²) in [4.78, 5) is 31.7. The Bertz CT molecular complexity index is 917. The fourth-order valence-electron chi connectivity index (χ4n) is 3.09. The maximum absolute atomic E-state index is 12.6. The molecule has 1 atom stereocenters.